The summed E-state index contributed by atoms with van der Waals surface area (Å²) >= 11 is 0. The molecule has 0 aromatic heterocycles. The molecule has 1 aromatic rings. The number of nitrogens with zero attached hydrogens (tertiary/aromatic N) is 2. The summed E-state index contributed by atoms with van der Waals surface area (Å²) in [5.74, 6) is 1.92. The largest absolute Gasteiger partial charge is 0.497 e. The van der Waals surface area contributed by atoms with E-state index in [-0.39, 0.29) is 42.2 Å². The van der Waals surface area contributed by atoms with Gasteiger partial charge in [-0.3, -0.25) is 9.69 Å². The van der Waals surface area contributed by atoms with Crippen LogP contribution in [0.1, 0.15) is 38.2 Å². The van der Waals surface area contributed by atoms with Crippen molar-refractivity contribution in [1.82, 2.24) is 9.80 Å². The molecule has 2 aliphatic rings. The van der Waals surface area contributed by atoms with Crippen LogP contribution >= 0.6 is 24.8 Å². The lowest BCUT2D eigenvalue weighted by Crippen LogP contribution is -2.57. The first-order chi connectivity index (χ1) is 12.9. The van der Waals surface area contributed by atoms with E-state index >= 15 is 0 Å². The van der Waals surface area contributed by atoms with Gasteiger partial charge in [0, 0.05) is 43.8 Å². The minimum Gasteiger partial charge on any atom is -0.497 e. The molecule has 1 aromatic carbocycles. The fourth-order valence-corrected chi connectivity index (χ4v) is 4.36. The molecule has 1 saturated carbocycles. The second-order valence-corrected chi connectivity index (χ2v) is 8.08. The second kappa shape index (κ2) is 11.3. The zero-order valence-corrected chi connectivity index (χ0v) is 19.3. The van der Waals surface area contributed by atoms with Gasteiger partial charge in [0.1, 0.15) is 11.5 Å². The summed E-state index contributed by atoms with van der Waals surface area (Å²) in [5.41, 5.74) is 7.18. The number of carbonyl (C=O) groups is 1. The molecule has 1 amide bonds. The smallest absolute Gasteiger partial charge is 0.227 e. The van der Waals surface area contributed by atoms with Crippen LogP contribution in [0.25, 0.3) is 0 Å². The third-order valence-corrected chi connectivity index (χ3v) is 6.12. The van der Waals surface area contributed by atoms with Crippen molar-refractivity contribution in [3.8, 4) is 11.5 Å². The molecule has 1 aliphatic heterocycles. The first-order valence-electron chi connectivity index (χ1n) is 9.95. The van der Waals surface area contributed by atoms with Crippen molar-refractivity contribution >= 4 is 30.7 Å². The van der Waals surface area contributed by atoms with Crippen molar-refractivity contribution < 1.29 is 14.3 Å². The van der Waals surface area contributed by atoms with E-state index in [1.54, 1.807) is 14.2 Å². The molecule has 1 saturated heterocycles. The number of carbonyl (C=O) groups excluding carboxylic acids is 1. The summed E-state index contributed by atoms with van der Waals surface area (Å²) in [6.07, 6.45) is 4.11. The Morgan fingerprint density at radius 2 is 1.83 bits per heavy atom. The molecule has 1 aliphatic carbocycles. The third kappa shape index (κ3) is 6.14. The molecule has 2 atom stereocenters. The van der Waals surface area contributed by atoms with E-state index in [1.165, 1.54) is 0 Å². The number of halogens is 2. The molecule has 29 heavy (non-hydrogen) atoms. The Kier molecular flexibility index (Phi) is 10.0. The summed E-state index contributed by atoms with van der Waals surface area (Å²) in [6.45, 7) is 6.08. The summed E-state index contributed by atoms with van der Waals surface area (Å²) in [7, 11) is 3.36. The molecule has 2 fully saturated rings. The Bertz CT molecular complexity index is 665. The van der Waals surface area contributed by atoms with Crippen LogP contribution in [0.15, 0.2) is 18.2 Å². The first-order valence-corrected chi connectivity index (χ1v) is 9.95. The quantitative estimate of drug-likeness (QED) is 0.750. The van der Waals surface area contributed by atoms with E-state index < -0.39 is 0 Å². The Morgan fingerprint density at radius 1 is 1.14 bits per heavy atom. The highest BCUT2D eigenvalue weighted by Crippen LogP contribution is 2.33. The van der Waals surface area contributed by atoms with Gasteiger partial charge in [-0.25, -0.2) is 0 Å². The molecule has 2 N–H and O–H groups in total. The molecular weight excluding hydrogens is 413 g/mol. The number of hydrogen-bond donors (Lipinski definition) is 1. The lowest BCUT2D eigenvalue weighted by molar-refractivity contribution is -0.140. The van der Waals surface area contributed by atoms with E-state index in [2.05, 4.69) is 4.90 Å². The number of hydrogen-bond acceptors (Lipinski definition) is 5. The minimum absolute atomic E-state index is 0. The fourth-order valence-electron chi connectivity index (χ4n) is 4.36. The van der Waals surface area contributed by atoms with E-state index in [1.807, 2.05) is 30.0 Å². The number of rotatable bonds is 5. The van der Waals surface area contributed by atoms with Gasteiger partial charge in [0.15, 0.2) is 0 Å². The van der Waals surface area contributed by atoms with Gasteiger partial charge in [-0.1, -0.05) is 12.8 Å². The highest BCUT2D eigenvalue weighted by Gasteiger charge is 2.40. The molecule has 8 heteroatoms. The van der Waals surface area contributed by atoms with Gasteiger partial charge in [0.05, 0.1) is 20.1 Å². The van der Waals surface area contributed by atoms with E-state index in [4.69, 9.17) is 15.2 Å². The van der Waals surface area contributed by atoms with Crippen molar-refractivity contribution in [2.24, 2.45) is 11.7 Å². The Labute approximate surface area is 186 Å². The van der Waals surface area contributed by atoms with E-state index in [9.17, 15) is 4.79 Å². The van der Waals surface area contributed by atoms with Gasteiger partial charge in [0.2, 0.25) is 5.91 Å². The highest BCUT2D eigenvalue weighted by molar-refractivity contribution is 5.85. The molecule has 3 rings (SSSR count). The first kappa shape index (κ1) is 25.8. The monoisotopic (exact) mass is 447 g/mol. The molecule has 2 unspecified atom stereocenters. The van der Waals surface area contributed by atoms with Gasteiger partial charge in [-0.15, -0.1) is 24.8 Å². The lowest BCUT2D eigenvalue weighted by atomic mass is 9.74. The van der Waals surface area contributed by atoms with E-state index in [0.717, 1.165) is 75.5 Å². The number of amides is 1. The topological polar surface area (TPSA) is 68.0 Å². The van der Waals surface area contributed by atoms with Crippen molar-refractivity contribution in [3.63, 3.8) is 0 Å². The van der Waals surface area contributed by atoms with E-state index in [0.29, 0.717) is 0 Å². The molecule has 0 bridgehead atoms. The van der Waals surface area contributed by atoms with Crippen molar-refractivity contribution in [2.75, 3.05) is 40.4 Å². The maximum atomic E-state index is 13.0. The molecular formula is C21H35Cl2N3O3. The van der Waals surface area contributed by atoms with Crippen LogP contribution in [-0.2, 0) is 11.3 Å². The average Bonchev–Trinajstić information content (AvgIpc) is 2.67. The second-order valence-electron chi connectivity index (χ2n) is 8.08. The summed E-state index contributed by atoms with van der Waals surface area (Å²) in [6, 6.07) is 5.88. The SMILES string of the molecule is COc1ccc(OC)c(CN2CCN(C(=O)C3CCCCC3(C)N)CC2)c1.Cl.Cl. The molecule has 0 radical (unpaired) electrons. The maximum Gasteiger partial charge on any atom is 0.227 e. The number of nitrogens with two attached hydrogens (primary N) is 1. The van der Waals surface area contributed by atoms with Crippen LogP contribution in [0.4, 0.5) is 0 Å². The standard InChI is InChI=1S/C21H33N3O3.2ClH/c1-21(22)9-5-4-6-18(21)20(25)24-12-10-23(11-13-24)15-16-14-17(26-2)7-8-19(16)27-3;;/h7-8,14,18H,4-6,9-13,15,22H2,1-3H3;2*1H. The molecule has 0 spiro atoms. The van der Waals surface area contributed by atoms with Crippen LogP contribution in [0.5, 0.6) is 11.5 Å². The van der Waals surface area contributed by atoms with Gasteiger partial charge < -0.3 is 20.1 Å². The summed E-state index contributed by atoms with van der Waals surface area (Å²) in [5, 5.41) is 0. The van der Waals surface area contributed by atoms with Gasteiger partial charge in [-0.05, 0) is 38.0 Å². The summed E-state index contributed by atoms with van der Waals surface area (Å²) in [4.78, 5) is 17.4. The van der Waals surface area contributed by atoms with Crippen LogP contribution in [-0.4, -0.2) is 61.6 Å². The molecule has 1 heterocycles. The van der Waals surface area contributed by atoms with Crippen LogP contribution in [0.2, 0.25) is 0 Å². The predicted molar refractivity (Wildman–Crippen MR) is 120 cm³/mol. The number of benzene rings is 1. The predicted octanol–water partition coefficient (Wildman–Crippen LogP) is 3.10. The number of methoxy groups -OCH3 is 2. The fraction of sp³-hybridized carbons (Fsp3) is 0.667. The van der Waals surface area contributed by atoms with Gasteiger partial charge >= 0.3 is 0 Å². The Balaban J connectivity index is 0.00000210. The average molecular weight is 448 g/mol. The van der Waals surface area contributed by atoms with Crippen molar-refractivity contribution in [2.45, 2.75) is 44.7 Å². The summed E-state index contributed by atoms with van der Waals surface area (Å²) < 4.78 is 10.8. The normalized spacial score (nSPS) is 24.8. The number of ether oxygens (including phenoxy) is 2. The minimum atomic E-state index is -0.361. The molecule has 166 valence electrons. The lowest BCUT2D eigenvalue weighted by Gasteiger charge is -2.42. The zero-order valence-electron chi connectivity index (χ0n) is 17.7. The zero-order chi connectivity index (χ0) is 19.4. The van der Waals surface area contributed by atoms with Crippen LogP contribution in [0, 0.1) is 5.92 Å². The Morgan fingerprint density at radius 3 is 2.41 bits per heavy atom. The maximum absolute atomic E-state index is 13.0. The number of piperazine rings is 1. The van der Waals surface area contributed by atoms with Gasteiger partial charge in [0.25, 0.3) is 0 Å². The van der Waals surface area contributed by atoms with Crippen molar-refractivity contribution in [3.05, 3.63) is 23.8 Å². The van der Waals surface area contributed by atoms with Gasteiger partial charge in [-0.2, -0.15) is 0 Å². The highest BCUT2D eigenvalue weighted by atomic mass is 35.5. The van der Waals surface area contributed by atoms with Crippen LogP contribution < -0.4 is 15.2 Å². The molecule has 6 nitrogen and oxygen atoms in total. The Hall–Kier alpha value is -1.21. The van der Waals surface area contributed by atoms with Crippen LogP contribution in [0.3, 0.4) is 0 Å². The third-order valence-electron chi connectivity index (χ3n) is 6.12. The van der Waals surface area contributed by atoms with Crippen molar-refractivity contribution in [1.29, 1.82) is 0 Å².